The van der Waals surface area contributed by atoms with Crippen molar-refractivity contribution in [2.45, 2.75) is 25.2 Å². The van der Waals surface area contributed by atoms with Crippen LogP contribution in [0.2, 0.25) is 0 Å². The van der Waals surface area contributed by atoms with E-state index in [1.165, 1.54) is 11.8 Å². The number of carbonyl (C=O) groups excluding carboxylic acids is 1. The Labute approximate surface area is 179 Å². The van der Waals surface area contributed by atoms with Gasteiger partial charge >= 0.3 is 0 Å². The Morgan fingerprint density at radius 1 is 1.07 bits per heavy atom. The van der Waals surface area contributed by atoms with Crippen LogP contribution in [0.3, 0.4) is 0 Å². The van der Waals surface area contributed by atoms with Crippen LogP contribution in [0.15, 0.2) is 53.7 Å². The van der Waals surface area contributed by atoms with Gasteiger partial charge in [0.05, 0.1) is 20.0 Å². The number of ether oxygens (including phenoxy) is 3. The predicted molar refractivity (Wildman–Crippen MR) is 115 cm³/mol. The lowest BCUT2D eigenvalue weighted by atomic mass is 10.2. The summed E-state index contributed by atoms with van der Waals surface area (Å²) in [6, 6.07) is 14.8. The number of rotatable bonds is 10. The van der Waals surface area contributed by atoms with E-state index in [2.05, 4.69) is 15.5 Å². The summed E-state index contributed by atoms with van der Waals surface area (Å²) < 4.78 is 18.2. The molecule has 2 aromatic carbocycles. The van der Waals surface area contributed by atoms with Crippen molar-refractivity contribution >= 4 is 23.4 Å². The van der Waals surface area contributed by atoms with Crippen LogP contribution in [-0.2, 0) is 17.9 Å². The number of hydrogen-bond donors (Lipinski definition) is 1. The third kappa shape index (κ3) is 5.44. The number of methoxy groups -OCH3 is 2. The first-order valence-corrected chi connectivity index (χ1v) is 10.4. The van der Waals surface area contributed by atoms with Gasteiger partial charge in [-0.25, -0.2) is 0 Å². The van der Waals surface area contributed by atoms with Gasteiger partial charge in [-0.15, -0.1) is 10.2 Å². The first kappa shape index (κ1) is 21.5. The first-order valence-electron chi connectivity index (χ1n) is 9.39. The van der Waals surface area contributed by atoms with E-state index in [1.54, 1.807) is 32.4 Å². The monoisotopic (exact) mass is 428 g/mol. The first-order chi connectivity index (χ1) is 14.6. The van der Waals surface area contributed by atoms with Crippen LogP contribution in [0.1, 0.15) is 12.7 Å². The number of hydrogen-bond acceptors (Lipinski definition) is 7. The number of anilines is 1. The van der Waals surface area contributed by atoms with Gasteiger partial charge in [0, 0.05) is 18.3 Å². The molecule has 0 radical (unpaired) electrons. The minimum atomic E-state index is -0.153. The number of nitrogens with zero attached hydrogens (tertiary/aromatic N) is 3. The molecule has 1 amide bonds. The van der Waals surface area contributed by atoms with Gasteiger partial charge in [-0.1, -0.05) is 30.0 Å². The Morgan fingerprint density at radius 3 is 2.53 bits per heavy atom. The van der Waals surface area contributed by atoms with E-state index in [-0.39, 0.29) is 11.7 Å². The molecule has 1 heterocycles. The van der Waals surface area contributed by atoms with Crippen molar-refractivity contribution < 1.29 is 19.0 Å². The van der Waals surface area contributed by atoms with Gasteiger partial charge in [0.2, 0.25) is 5.91 Å². The largest absolute Gasteiger partial charge is 0.493 e. The molecule has 3 rings (SSSR count). The number of nitrogens with one attached hydrogen (secondary N) is 1. The average molecular weight is 429 g/mol. The zero-order chi connectivity index (χ0) is 21.3. The third-order valence-corrected chi connectivity index (χ3v) is 5.19. The highest BCUT2D eigenvalue weighted by molar-refractivity contribution is 7.99. The number of carbonyl (C=O) groups is 1. The fourth-order valence-corrected chi connectivity index (χ4v) is 3.58. The number of thioether (sulfide) groups is 1. The van der Waals surface area contributed by atoms with Crippen LogP contribution in [0.25, 0.3) is 0 Å². The fourth-order valence-electron chi connectivity index (χ4n) is 2.76. The van der Waals surface area contributed by atoms with Gasteiger partial charge in [0.15, 0.2) is 22.5 Å². The molecule has 0 saturated carbocycles. The van der Waals surface area contributed by atoms with E-state index in [4.69, 9.17) is 14.2 Å². The minimum Gasteiger partial charge on any atom is -0.493 e. The van der Waals surface area contributed by atoms with Gasteiger partial charge in [-0.05, 0) is 31.2 Å². The fraction of sp³-hybridized carbons (Fsp3) is 0.286. The number of para-hydroxylation sites is 1. The highest BCUT2D eigenvalue weighted by Gasteiger charge is 2.14. The molecule has 0 aliphatic carbocycles. The number of benzene rings is 2. The standard InChI is InChI=1S/C21H24N4O4S/c1-4-25-19(13-29-16-8-6-5-7-9-16)23-24-21(25)30-14-20(26)22-15-10-11-17(27-2)18(12-15)28-3/h5-12H,4,13-14H2,1-3H3,(H,22,26). The van der Waals surface area contributed by atoms with Crippen LogP contribution >= 0.6 is 11.8 Å². The predicted octanol–water partition coefficient (Wildman–Crippen LogP) is 3.63. The smallest absolute Gasteiger partial charge is 0.234 e. The van der Waals surface area contributed by atoms with Crippen molar-refractivity contribution in [2.24, 2.45) is 0 Å². The quantitative estimate of drug-likeness (QED) is 0.494. The topological polar surface area (TPSA) is 87.5 Å². The normalized spacial score (nSPS) is 10.5. The van der Waals surface area contributed by atoms with E-state index >= 15 is 0 Å². The zero-order valence-electron chi connectivity index (χ0n) is 17.1. The maximum atomic E-state index is 12.4. The molecule has 30 heavy (non-hydrogen) atoms. The van der Waals surface area contributed by atoms with E-state index in [0.717, 1.165) is 5.75 Å². The Hall–Kier alpha value is -3.20. The Morgan fingerprint density at radius 2 is 1.83 bits per heavy atom. The lowest BCUT2D eigenvalue weighted by Gasteiger charge is -2.11. The second-order valence-electron chi connectivity index (χ2n) is 6.15. The van der Waals surface area contributed by atoms with Crippen LogP contribution < -0.4 is 19.5 Å². The summed E-state index contributed by atoms with van der Waals surface area (Å²) in [5.74, 6) is 2.69. The molecule has 0 aliphatic heterocycles. The summed E-state index contributed by atoms with van der Waals surface area (Å²) in [6.07, 6.45) is 0. The molecular weight excluding hydrogens is 404 g/mol. The van der Waals surface area contributed by atoms with Gasteiger partial charge in [-0.2, -0.15) is 0 Å². The van der Waals surface area contributed by atoms with E-state index < -0.39 is 0 Å². The number of amides is 1. The lowest BCUT2D eigenvalue weighted by Crippen LogP contribution is -2.15. The highest BCUT2D eigenvalue weighted by Crippen LogP contribution is 2.30. The molecule has 158 valence electrons. The average Bonchev–Trinajstić information content (AvgIpc) is 3.18. The molecule has 0 unspecified atom stereocenters. The third-order valence-electron chi connectivity index (χ3n) is 4.22. The van der Waals surface area contributed by atoms with Crippen LogP contribution in [0.4, 0.5) is 5.69 Å². The molecule has 3 aromatic rings. The minimum absolute atomic E-state index is 0.153. The molecule has 1 N–H and O–H groups in total. The zero-order valence-corrected chi connectivity index (χ0v) is 17.9. The van der Waals surface area contributed by atoms with Crippen LogP contribution in [-0.4, -0.2) is 40.6 Å². The van der Waals surface area contributed by atoms with Crippen LogP contribution in [0.5, 0.6) is 17.2 Å². The second-order valence-corrected chi connectivity index (χ2v) is 7.09. The van der Waals surface area contributed by atoms with Gasteiger partial charge in [-0.3, -0.25) is 4.79 Å². The molecule has 9 heteroatoms. The summed E-state index contributed by atoms with van der Waals surface area (Å²) in [4.78, 5) is 12.4. The molecule has 8 nitrogen and oxygen atoms in total. The summed E-state index contributed by atoms with van der Waals surface area (Å²) >= 11 is 1.32. The van der Waals surface area contributed by atoms with Crippen molar-refractivity contribution in [1.29, 1.82) is 0 Å². The van der Waals surface area contributed by atoms with Crippen molar-refractivity contribution in [3.8, 4) is 17.2 Å². The number of aromatic nitrogens is 3. The van der Waals surface area contributed by atoms with Crippen molar-refractivity contribution in [3.05, 3.63) is 54.4 Å². The van der Waals surface area contributed by atoms with Crippen molar-refractivity contribution in [2.75, 3.05) is 25.3 Å². The molecule has 0 spiro atoms. The van der Waals surface area contributed by atoms with Crippen LogP contribution in [0, 0.1) is 0 Å². The maximum Gasteiger partial charge on any atom is 0.234 e. The summed E-state index contributed by atoms with van der Waals surface area (Å²) in [7, 11) is 3.12. The molecule has 0 atom stereocenters. The molecule has 0 bridgehead atoms. The maximum absolute atomic E-state index is 12.4. The SMILES string of the molecule is CCn1c(COc2ccccc2)nnc1SCC(=O)Nc1ccc(OC)c(OC)c1. The van der Waals surface area contributed by atoms with Crippen molar-refractivity contribution in [1.82, 2.24) is 14.8 Å². The molecule has 0 aliphatic rings. The summed E-state index contributed by atoms with van der Waals surface area (Å²) in [6.45, 7) is 2.99. The Kier molecular flexibility index (Phi) is 7.56. The van der Waals surface area contributed by atoms with Gasteiger partial charge in [0.1, 0.15) is 12.4 Å². The lowest BCUT2D eigenvalue weighted by molar-refractivity contribution is -0.113. The van der Waals surface area contributed by atoms with Gasteiger partial charge in [0.25, 0.3) is 0 Å². The highest BCUT2D eigenvalue weighted by atomic mass is 32.2. The summed E-state index contributed by atoms with van der Waals surface area (Å²) in [5, 5.41) is 11.9. The molecule has 1 aromatic heterocycles. The molecular formula is C21H24N4O4S. The van der Waals surface area contributed by atoms with Gasteiger partial charge < -0.3 is 24.1 Å². The van der Waals surface area contributed by atoms with Crippen molar-refractivity contribution in [3.63, 3.8) is 0 Å². The van der Waals surface area contributed by atoms with E-state index in [0.29, 0.717) is 41.3 Å². The molecule has 0 fully saturated rings. The molecule has 0 saturated heterocycles. The second kappa shape index (κ2) is 10.5. The summed E-state index contributed by atoms with van der Waals surface area (Å²) in [5.41, 5.74) is 0.632. The van der Waals surface area contributed by atoms with E-state index in [1.807, 2.05) is 41.8 Å². The Balaban J connectivity index is 1.57. The Bertz CT molecular complexity index is 978. The van der Waals surface area contributed by atoms with E-state index in [9.17, 15) is 4.79 Å².